The Kier molecular flexibility index (Phi) is 57.3. The van der Waals surface area contributed by atoms with Gasteiger partial charge in [-0.15, -0.1) is 23.2 Å². The number of carbonyl (C=O) groups is 4. The van der Waals surface area contributed by atoms with Gasteiger partial charge in [-0.25, -0.2) is 23.7 Å². The summed E-state index contributed by atoms with van der Waals surface area (Å²) in [7, 11) is -0.566. The number of aliphatic carboxylic acids is 1. The number of carboxylic acid groups (broad SMARTS) is 1. The van der Waals surface area contributed by atoms with E-state index in [0.717, 1.165) is 190 Å². The minimum absolute atomic E-state index is 0.00397. The summed E-state index contributed by atoms with van der Waals surface area (Å²) in [5, 5.41) is 45.4. The van der Waals surface area contributed by atoms with Gasteiger partial charge in [0.15, 0.2) is 33.8 Å². The van der Waals surface area contributed by atoms with E-state index < -0.39 is 21.2 Å². The van der Waals surface area contributed by atoms with E-state index in [1.165, 1.54) is 226 Å². The Morgan fingerprint density at radius 3 is 1.01 bits per heavy atom. The minimum Gasteiger partial charge on any atom is -0.482 e. The molecule has 6 N–H and O–H groups in total. The van der Waals surface area contributed by atoms with Gasteiger partial charge in [0.2, 0.25) is 0 Å². The predicted octanol–water partition coefficient (Wildman–Crippen LogP) is 26.5. The highest BCUT2D eigenvalue weighted by Crippen LogP contribution is 2.56. The predicted molar refractivity (Wildman–Crippen MR) is 558 cm³/mol. The maximum Gasteiger partial charge on any atom is 0.469 e. The van der Waals surface area contributed by atoms with Crippen molar-refractivity contribution in [3.8, 4) is 29.1 Å². The molecule has 0 bridgehead atoms. The quantitative estimate of drug-likeness (QED) is 0.00456. The highest BCUT2D eigenvalue weighted by atomic mass is 35.6. The average molecular weight is 2010 g/mol. The smallest absolute Gasteiger partial charge is 0.469 e. The van der Waals surface area contributed by atoms with Crippen molar-refractivity contribution in [3.05, 3.63) is 117 Å². The van der Waals surface area contributed by atoms with Gasteiger partial charge >= 0.3 is 31.7 Å². The Balaban J connectivity index is 0.000000300. The van der Waals surface area contributed by atoms with Crippen LogP contribution in [0.15, 0.2) is 72.8 Å². The number of hydrogen-bond acceptors (Lipinski definition) is 17. The maximum absolute atomic E-state index is 11.5. The van der Waals surface area contributed by atoms with Gasteiger partial charge in [-0.2, -0.15) is 16.3 Å². The first-order chi connectivity index (χ1) is 65.3. The Hall–Kier alpha value is -5.47. The summed E-state index contributed by atoms with van der Waals surface area (Å²) in [6, 6.07) is 26.6. The number of nitriles is 1. The summed E-state index contributed by atoms with van der Waals surface area (Å²) in [6.45, 7) is 34.2. The summed E-state index contributed by atoms with van der Waals surface area (Å²) in [5.74, 6) is 14.8. The number of carbonyl (C=O) groups excluding carboxylic acids is 3. The molecular formula is C112H181Cl3NO19PSi. The number of alkyl halides is 2. The molecule has 8 aliphatic rings. The number of ether oxygens (including phenoxy) is 7. The number of aliphatic hydroxyl groups is 3. The van der Waals surface area contributed by atoms with Gasteiger partial charge in [0.1, 0.15) is 23.0 Å². The summed E-state index contributed by atoms with van der Waals surface area (Å²) in [4.78, 5) is 61.3. The van der Waals surface area contributed by atoms with E-state index in [1.54, 1.807) is 6.07 Å². The number of nitrogens with zero attached hydrogens (tertiary/aromatic N) is 1. The number of phosphoric ester groups is 1. The van der Waals surface area contributed by atoms with Gasteiger partial charge in [-0.3, -0.25) is 4.52 Å². The van der Waals surface area contributed by atoms with E-state index in [9.17, 15) is 34.0 Å². The third-order valence-corrected chi connectivity index (χ3v) is 37.5. The maximum atomic E-state index is 11.5. The first-order valence-electron chi connectivity index (χ1n) is 52.4. The second-order valence-corrected chi connectivity index (χ2v) is 51.9. The van der Waals surface area contributed by atoms with Crippen molar-refractivity contribution in [1.29, 1.82) is 5.26 Å². The van der Waals surface area contributed by atoms with E-state index in [4.69, 9.17) is 88.0 Å². The van der Waals surface area contributed by atoms with Crippen LogP contribution in [0.3, 0.4) is 0 Å². The van der Waals surface area contributed by atoms with Crippen molar-refractivity contribution < 1.29 is 91.6 Å². The summed E-state index contributed by atoms with van der Waals surface area (Å²) in [6.07, 6.45) is 43.5. The number of fused-ring (bicyclic) bond motifs is 8. The molecular weight excluding hydrogens is 1830 g/mol. The topological polar surface area (TPSA) is 304 Å². The number of aliphatic hydroxyl groups excluding tert-OH is 3. The van der Waals surface area contributed by atoms with Gasteiger partial charge < -0.3 is 63.4 Å². The van der Waals surface area contributed by atoms with E-state index >= 15 is 0 Å². The molecule has 0 spiro atoms. The Morgan fingerprint density at radius 1 is 0.467 bits per heavy atom. The molecule has 25 heteroatoms. The molecule has 0 aliphatic heterocycles. The second kappa shape index (κ2) is 64.3. The van der Waals surface area contributed by atoms with Crippen LogP contribution >= 0.6 is 42.1 Å². The molecule has 20 nitrogen and oxygen atoms in total. The number of phosphoric acid groups is 1. The molecule has 778 valence electrons. The SMILES string of the molecule is CC(C)(C)[Si](C)(C)Cl.CCCCC[C@H](C)CC[C@@H]1[C@H]2Cc3cccc(OCC(=O)O)c3C[C@H]2C[C@H]1C.CCCCC[C@H](C)CC[C@@H]1[C@H]2Cc3cccc(OCC(=O)OC)c3C[C@H]2C[C@H]1C.CCCCC[C@H](C)CC[C@@H]1[C@H]2Cc3cccc(OCC(=O)OC)c3C[C@H]2C[C@H]1C.CCCCC[C@H](O)CC[C@@H]1[C@H]2Cc3cccc(OCC(=O)OC)c3C[C@H]2C[C@H]1O.CO.ClCCl.N#CCCOP(=O)(O)O. The lowest BCUT2D eigenvalue weighted by molar-refractivity contribution is -0.143. The lowest BCUT2D eigenvalue weighted by atomic mass is 9.73. The van der Waals surface area contributed by atoms with Gasteiger partial charge in [0.05, 0.1) is 58.0 Å². The zero-order valence-corrected chi connectivity index (χ0v) is 91.6. The third-order valence-electron chi connectivity index (χ3n) is 31.7. The number of rotatable bonds is 43. The molecule has 20 atom stereocenters. The lowest BCUT2D eigenvalue weighted by Crippen LogP contribution is -2.29. The fourth-order valence-electron chi connectivity index (χ4n) is 23.1. The van der Waals surface area contributed by atoms with E-state index in [-0.39, 0.29) is 80.8 Å². The minimum atomic E-state index is -4.35. The van der Waals surface area contributed by atoms with Crippen LogP contribution in [-0.2, 0) is 93.8 Å². The van der Waals surface area contributed by atoms with Gasteiger partial charge in [-0.05, 0) is 296 Å². The van der Waals surface area contributed by atoms with Crippen molar-refractivity contribution >= 4 is 73.4 Å². The summed E-state index contributed by atoms with van der Waals surface area (Å²) < 4.78 is 50.8. The van der Waals surface area contributed by atoms with Crippen LogP contribution in [0.2, 0.25) is 18.1 Å². The number of esters is 3. The molecule has 0 unspecified atom stereocenters. The van der Waals surface area contributed by atoms with Crippen LogP contribution < -0.4 is 18.9 Å². The summed E-state index contributed by atoms with van der Waals surface area (Å²) >= 11 is 15.7. The van der Waals surface area contributed by atoms with Crippen molar-refractivity contribution in [3.63, 3.8) is 0 Å². The fraction of sp³-hybridized carbons (Fsp3) is 0.741. The highest BCUT2D eigenvalue weighted by molar-refractivity contribution is 7.46. The number of methoxy groups -OCH3 is 3. The van der Waals surface area contributed by atoms with Crippen LogP contribution in [-0.4, -0.2) is 140 Å². The van der Waals surface area contributed by atoms with E-state index in [1.807, 2.05) is 36.4 Å². The summed E-state index contributed by atoms with van der Waals surface area (Å²) in [5.41, 5.74) is 10.6. The monoisotopic (exact) mass is 2010 g/mol. The fourth-order valence-corrected chi connectivity index (χ4v) is 23.5. The van der Waals surface area contributed by atoms with Crippen molar-refractivity contribution in [2.75, 3.05) is 66.8 Å². The Bertz CT molecular complexity index is 3920. The van der Waals surface area contributed by atoms with Gasteiger partial charge in [0.25, 0.3) is 0 Å². The third kappa shape index (κ3) is 41.7. The second-order valence-electron chi connectivity index (χ2n) is 42.6. The van der Waals surface area contributed by atoms with Crippen LogP contribution in [0.4, 0.5) is 0 Å². The molecule has 0 heterocycles. The van der Waals surface area contributed by atoms with Crippen molar-refractivity contribution in [2.24, 2.45) is 107 Å². The first kappa shape index (κ1) is 122. The largest absolute Gasteiger partial charge is 0.482 e. The molecule has 12 rings (SSSR count). The number of unbranched alkanes of at least 4 members (excludes halogenated alkanes) is 8. The van der Waals surface area contributed by atoms with E-state index in [0.29, 0.717) is 16.9 Å². The van der Waals surface area contributed by atoms with Crippen LogP contribution in [0.5, 0.6) is 23.0 Å². The number of halogens is 3. The normalized spacial score (nSPS) is 24.1. The molecule has 4 saturated carbocycles. The number of carboxylic acids is 1. The number of hydrogen-bond donors (Lipinski definition) is 6. The van der Waals surface area contributed by atoms with Crippen molar-refractivity contribution in [1.82, 2.24) is 0 Å². The lowest BCUT2D eigenvalue weighted by Gasteiger charge is -2.33. The molecule has 8 aliphatic carbocycles. The standard InChI is InChI=1S/2C26H40O3.C25H38O3.C24H36O5.C6H15ClSi.C3H6NO4P.CH2Cl2.CH4O/c2*1-5-6-7-9-18(2)12-13-22-19(3)14-21-16-24-20(15-23(21)22)10-8-11-25(24)29-17-26(27)28-4;1-4-5-6-8-17(2)11-12-21-18(3)13-20-15-23-19(14-22(20)21)9-7-10-24(23)28-16-25(26)27;1-3-4-5-8-18(25)10-11-19-20-12-16-7-6-9-23(29-15-24(27)28-2)21(16)13-17(20)14-22(19)26;1-6(2,3)8(4,5)7;4-2-1-3-8-9(5,6)7;2-1-3;1-2/h2*8,10-11,18-19,21-23H,5-7,9,12-17H2,1-4H3;7,9-10,17-18,20-22H,4-6,8,11-16H2,1-3H3,(H,26,27);6-7,9,17-20,22,25-26H,3-5,8,10-15H2,1-2H3;1-5H3;1,3H2,(H2,5,6,7);1H2;2H,1H3/t2*18-,19+,21+,22-,23-;17-,18+,20+,21-,22-;17-,18-,19+,20-,22+;;;;/m0000..../s1. The van der Waals surface area contributed by atoms with Crippen LogP contribution in [0, 0.1) is 118 Å². The highest BCUT2D eigenvalue weighted by Gasteiger charge is 2.49. The number of benzene rings is 4. The molecule has 4 fully saturated rings. The van der Waals surface area contributed by atoms with Gasteiger partial charge in [-0.1, -0.05) is 267 Å². The molecule has 137 heavy (non-hydrogen) atoms. The van der Waals surface area contributed by atoms with Crippen molar-refractivity contribution in [2.45, 2.75) is 358 Å². The zero-order chi connectivity index (χ0) is 102. The Morgan fingerprint density at radius 2 is 0.745 bits per heavy atom. The van der Waals surface area contributed by atoms with Crippen LogP contribution in [0.1, 0.15) is 321 Å². The molecule has 0 aromatic heterocycles. The molecule has 4 aromatic carbocycles. The van der Waals surface area contributed by atoms with Gasteiger partial charge in [0, 0.05) is 7.11 Å². The van der Waals surface area contributed by atoms with Crippen LogP contribution in [0.25, 0.3) is 0 Å². The Labute approximate surface area is 842 Å². The zero-order valence-electron chi connectivity index (χ0n) is 87.4. The molecule has 0 amide bonds. The molecule has 4 aromatic rings. The first-order valence-corrected chi connectivity index (χ1v) is 59.0. The average Bonchev–Trinajstić information content (AvgIpc) is 1.66. The molecule has 0 radical (unpaired) electrons. The van der Waals surface area contributed by atoms with E-state index in [2.05, 4.69) is 149 Å². The molecule has 0 saturated heterocycles.